The number of carbonyl (C=O) groups excluding carboxylic acids is 10. The van der Waals surface area contributed by atoms with E-state index in [1.807, 2.05) is 0 Å². The van der Waals surface area contributed by atoms with E-state index in [4.69, 9.17) is 47.9 Å². The summed E-state index contributed by atoms with van der Waals surface area (Å²) >= 11 is 9.46. The van der Waals surface area contributed by atoms with Crippen molar-refractivity contribution in [3.63, 3.8) is 0 Å². The predicted octanol–water partition coefficient (Wildman–Crippen LogP) is 4.87. The Balaban J connectivity index is -0.000000484. The zero-order valence-corrected chi connectivity index (χ0v) is 39.2. The molecule has 0 bridgehead atoms. The molecule has 0 heterocycles. The molecular weight excluding hydrogens is 841 g/mol. The van der Waals surface area contributed by atoms with Crippen LogP contribution in [-0.4, -0.2) is 98.3 Å². The second kappa shape index (κ2) is 28.7. The summed E-state index contributed by atoms with van der Waals surface area (Å²) in [5.74, 6) is -4.12. The fraction of sp³-hybridized carbons (Fsp3) is 0.744. The van der Waals surface area contributed by atoms with Crippen LogP contribution in [0.1, 0.15) is 148 Å². The first-order valence-corrected chi connectivity index (χ1v) is 19.3. The Morgan fingerprint density at radius 1 is 0.508 bits per heavy atom. The molecule has 0 aliphatic carbocycles. The largest absolute Gasteiger partial charge is 0.460 e. The van der Waals surface area contributed by atoms with Gasteiger partial charge in [0.05, 0.1) is 12.5 Å². The number of ether oxygens (including phenoxy) is 4. The van der Waals surface area contributed by atoms with Crippen LogP contribution in [-0.2, 0) is 66.9 Å². The van der Waals surface area contributed by atoms with E-state index < -0.39 is 87.2 Å². The molecular formula is C39H66Cl3N3O14. The van der Waals surface area contributed by atoms with E-state index in [2.05, 4.69) is 10.6 Å². The second-order valence-corrected chi connectivity index (χ2v) is 17.9. The fourth-order valence-electron chi connectivity index (χ4n) is 3.91. The number of halogens is 3. The summed E-state index contributed by atoms with van der Waals surface area (Å²) < 4.78 is 20.8. The lowest BCUT2D eigenvalue weighted by Gasteiger charge is -2.25. The summed E-state index contributed by atoms with van der Waals surface area (Å²) in [7, 11) is 0. The Kier molecular flexibility index (Phi) is 30.2. The average Bonchev–Trinajstić information content (AvgIpc) is 2.96. The third-order valence-electron chi connectivity index (χ3n) is 6.08. The molecule has 0 unspecified atom stereocenters. The van der Waals surface area contributed by atoms with Crippen LogP contribution < -0.4 is 16.4 Å². The maximum atomic E-state index is 12.5. The minimum Gasteiger partial charge on any atom is -0.460 e. The molecule has 3 atom stereocenters. The summed E-state index contributed by atoms with van der Waals surface area (Å²) in [5.41, 5.74) is 3.04. The molecule has 342 valence electrons. The predicted molar refractivity (Wildman–Crippen MR) is 222 cm³/mol. The summed E-state index contributed by atoms with van der Waals surface area (Å²) in [5, 5.41) is 3.40. The van der Waals surface area contributed by atoms with E-state index in [-0.39, 0.29) is 74.9 Å². The van der Waals surface area contributed by atoms with Gasteiger partial charge in [-0.2, -0.15) is 0 Å². The van der Waals surface area contributed by atoms with Crippen LogP contribution in [0.2, 0.25) is 0 Å². The lowest BCUT2D eigenvalue weighted by atomic mass is 10.1. The van der Waals surface area contributed by atoms with Crippen LogP contribution >= 0.6 is 35.6 Å². The molecule has 0 aliphatic rings. The first-order chi connectivity index (χ1) is 25.9. The van der Waals surface area contributed by atoms with E-state index in [1.54, 1.807) is 83.1 Å². The maximum Gasteiger partial charge on any atom is 0.329 e. The SMILES string of the molecule is CC(=O)CC[C@H](NC(=O)CC(=O)N[C@@H](CCC(=O)OC(C)(C)C)C(=O)OC(C)(C)C)C(C)=O.CC(C)(C)OC(=O)CC[C@H](N)C(=O)OC(C)(C)C.Cl.O=C(Cl)CC(=O)Cl. The molecule has 0 aromatic heterocycles. The Bertz CT molecular complexity index is 1430. The van der Waals surface area contributed by atoms with Crippen LogP contribution in [0.15, 0.2) is 0 Å². The third kappa shape index (κ3) is 42.3. The Morgan fingerprint density at radius 3 is 1.17 bits per heavy atom. The molecule has 0 aromatic carbocycles. The van der Waals surface area contributed by atoms with Gasteiger partial charge in [-0.05, 0) is 139 Å². The van der Waals surface area contributed by atoms with Crippen LogP contribution in [0.5, 0.6) is 0 Å². The number of amides is 2. The van der Waals surface area contributed by atoms with Gasteiger partial charge in [0.2, 0.25) is 22.3 Å². The smallest absolute Gasteiger partial charge is 0.329 e. The molecule has 0 fully saturated rings. The van der Waals surface area contributed by atoms with Gasteiger partial charge >= 0.3 is 23.9 Å². The number of hydrogen-bond donors (Lipinski definition) is 3. The zero-order chi connectivity index (χ0) is 46.4. The standard InChI is InChI=1S/C23H38N2O8.C13H25NO4.C3H2Cl2O2.ClH/c1-14(26)9-10-16(15(2)27)24-18(28)13-19(29)25-17(21(31)33-23(6,7)8)11-12-20(30)32-22(3,4)5;1-12(2,3)17-10(15)8-7-9(14)11(16)18-13(4,5)6;4-2(6)1-3(5)7;/h16-17H,9-13H2,1-8H3,(H,24,28)(H,25,29);9H,7-8,14H2,1-6H3;1H2;1H/t16-,17-;9-;;/m00../s1. The fourth-order valence-corrected chi connectivity index (χ4v) is 4.22. The number of Topliss-reactive ketones (excluding diaryl/α,β-unsaturated/α-hetero) is 2. The van der Waals surface area contributed by atoms with Gasteiger partial charge in [-0.25, -0.2) is 4.79 Å². The molecule has 17 nitrogen and oxygen atoms in total. The van der Waals surface area contributed by atoms with Crippen molar-refractivity contribution >= 4 is 93.4 Å². The minimum absolute atomic E-state index is 0. The summed E-state index contributed by atoms with van der Waals surface area (Å²) in [4.78, 5) is 114. The van der Waals surface area contributed by atoms with Gasteiger partial charge in [-0.1, -0.05) is 0 Å². The van der Waals surface area contributed by atoms with Crippen molar-refractivity contribution < 1.29 is 66.9 Å². The number of carbonyl (C=O) groups is 10. The molecule has 0 spiro atoms. The molecule has 0 radical (unpaired) electrons. The first-order valence-electron chi connectivity index (χ1n) is 18.5. The van der Waals surface area contributed by atoms with Crippen molar-refractivity contribution in [3.05, 3.63) is 0 Å². The van der Waals surface area contributed by atoms with Crippen molar-refractivity contribution in [2.24, 2.45) is 5.73 Å². The highest BCUT2D eigenvalue weighted by atomic mass is 35.5. The van der Waals surface area contributed by atoms with Crippen LogP contribution in [0, 0.1) is 0 Å². The van der Waals surface area contributed by atoms with Crippen molar-refractivity contribution in [3.8, 4) is 0 Å². The van der Waals surface area contributed by atoms with Crippen molar-refractivity contribution in [1.29, 1.82) is 0 Å². The third-order valence-corrected chi connectivity index (χ3v) is 6.35. The Labute approximate surface area is 364 Å². The van der Waals surface area contributed by atoms with Crippen molar-refractivity contribution in [2.75, 3.05) is 0 Å². The van der Waals surface area contributed by atoms with Gasteiger partial charge < -0.3 is 40.1 Å². The molecule has 2 amide bonds. The number of nitrogens with one attached hydrogen (secondary N) is 2. The van der Waals surface area contributed by atoms with Crippen LogP contribution in [0.3, 0.4) is 0 Å². The van der Waals surface area contributed by atoms with Gasteiger partial charge in [-0.3, -0.25) is 38.4 Å². The molecule has 59 heavy (non-hydrogen) atoms. The molecule has 4 N–H and O–H groups in total. The van der Waals surface area contributed by atoms with E-state index in [0.717, 1.165) is 0 Å². The molecule has 0 saturated heterocycles. The lowest BCUT2D eigenvalue weighted by molar-refractivity contribution is -0.161. The zero-order valence-electron chi connectivity index (χ0n) is 36.8. The van der Waals surface area contributed by atoms with E-state index in [9.17, 15) is 47.9 Å². The number of rotatable bonds is 18. The summed E-state index contributed by atoms with van der Waals surface area (Å²) in [6, 6.07) is -2.85. The summed E-state index contributed by atoms with van der Waals surface area (Å²) in [6.07, 6.45) is -0.673. The number of esters is 4. The average molecular weight is 907 g/mol. The highest BCUT2D eigenvalue weighted by Gasteiger charge is 2.30. The Morgan fingerprint density at radius 2 is 0.847 bits per heavy atom. The van der Waals surface area contributed by atoms with Gasteiger partial charge in [0.15, 0.2) is 5.78 Å². The topological polar surface area (TPSA) is 258 Å². The molecule has 0 saturated carbocycles. The van der Waals surface area contributed by atoms with E-state index >= 15 is 0 Å². The van der Waals surface area contributed by atoms with E-state index in [1.165, 1.54) is 13.8 Å². The Hall–Kier alpha value is -3.67. The minimum atomic E-state index is -1.17. The van der Waals surface area contributed by atoms with Gasteiger partial charge in [0, 0.05) is 19.3 Å². The van der Waals surface area contributed by atoms with E-state index in [0.29, 0.717) is 0 Å². The highest BCUT2D eigenvalue weighted by molar-refractivity contribution is 6.72. The highest BCUT2D eigenvalue weighted by Crippen LogP contribution is 2.15. The van der Waals surface area contributed by atoms with Gasteiger partial charge in [0.1, 0.15) is 46.7 Å². The second-order valence-electron chi connectivity index (χ2n) is 17.1. The lowest BCUT2D eigenvalue weighted by Crippen LogP contribution is -2.47. The van der Waals surface area contributed by atoms with Crippen molar-refractivity contribution in [2.45, 2.75) is 189 Å². The number of nitrogens with two attached hydrogens (primary N) is 1. The van der Waals surface area contributed by atoms with Gasteiger partial charge in [-0.15, -0.1) is 12.4 Å². The first kappa shape index (κ1) is 62.0. The molecule has 0 aliphatic heterocycles. The monoisotopic (exact) mass is 905 g/mol. The molecule has 0 rings (SSSR count). The van der Waals surface area contributed by atoms with Crippen LogP contribution in [0.4, 0.5) is 0 Å². The number of ketones is 2. The number of hydrogen-bond acceptors (Lipinski definition) is 15. The van der Waals surface area contributed by atoms with Crippen LogP contribution in [0.25, 0.3) is 0 Å². The maximum absolute atomic E-state index is 12.5. The normalized spacial score (nSPS) is 12.7. The van der Waals surface area contributed by atoms with Gasteiger partial charge in [0.25, 0.3) is 0 Å². The molecule has 20 heteroatoms. The van der Waals surface area contributed by atoms with Crippen molar-refractivity contribution in [1.82, 2.24) is 10.6 Å². The molecule has 0 aromatic rings. The quantitative estimate of drug-likeness (QED) is 0.0717. The summed E-state index contributed by atoms with van der Waals surface area (Å²) in [6.45, 7) is 23.4.